The molecule has 1 aromatic heterocycles. The molecule has 1 radical (unpaired) electrons. The number of aromatic nitrogens is 1. The Balaban J connectivity index is 0.00000176. The van der Waals surface area contributed by atoms with Crippen LogP contribution < -0.4 is 24.8 Å². The maximum absolute atomic E-state index is 4.52. The number of hydrogen-bond acceptors (Lipinski definition) is 1. The molecule has 0 amide bonds. The van der Waals surface area contributed by atoms with Crippen LogP contribution in [0.3, 0.4) is 0 Å². The molecule has 24 heavy (non-hydrogen) atoms. The van der Waals surface area contributed by atoms with E-state index in [1.807, 2.05) is 12.3 Å². The topological polar surface area (TPSA) is 12.9 Å². The Morgan fingerprint density at radius 3 is 2.17 bits per heavy atom. The van der Waals surface area contributed by atoms with Crippen LogP contribution in [-0.4, -0.2) is 4.98 Å². The third kappa shape index (κ3) is 5.16. The summed E-state index contributed by atoms with van der Waals surface area (Å²) in [6, 6.07) is 23.5. The second-order valence-electron chi connectivity index (χ2n) is 6.01. The number of nitrogens with zero attached hydrogens (tertiary/aromatic N) is 1. The zero-order valence-corrected chi connectivity index (χ0v) is 16.5. The van der Waals surface area contributed by atoms with Crippen LogP contribution in [0.15, 0.2) is 72.9 Å². The predicted octanol–water partition coefficient (Wildman–Crippen LogP) is -1.28. The summed E-state index contributed by atoms with van der Waals surface area (Å²) in [5.41, 5.74) is 5.09. The molecule has 0 bridgehead atoms. The first-order valence-corrected chi connectivity index (χ1v) is 7.38. The van der Waals surface area contributed by atoms with Crippen molar-refractivity contribution in [2.75, 3.05) is 0 Å². The molecule has 0 spiro atoms. The molecule has 0 N–H and O–H groups in total. The van der Waals surface area contributed by atoms with Gasteiger partial charge in [-0.15, -0.1) is 5.56 Å². The number of rotatable bonds is 4. The average molecular weight is 397 g/mol. The monoisotopic (exact) mass is 396 g/mol. The van der Waals surface area contributed by atoms with E-state index < -0.39 is 0 Å². The van der Waals surface area contributed by atoms with E-state index in [-0.39, 0.29) is 47.6 Å². The SMILES string of the molecule is CC(C)(c1ccccn1)[c-]1ccc(Cc2ccccc2)c1.[Cl-].[Cl-].[Cr+3]. The van der Waals surface area contributed by atoms with Gasteiger partial charge < -0.3 is 24.8 Å². The fourth-order valence-electron chi connectivity index (χ4n) is 2.70. The van der Waals surface area contributed by atoms with Gasteiger partial charge in [0.25, 0.3) is 0 Å². The van der Waals surface area contributed by atoms with Crippen molar-refractivity contribution in [3.8, 4) is 0 Å². The number of pyridine rings is 1. The molecular weight excluding hydrogens is 377 g/mol. The van der Waals surface area contributed by atoms with Crippen molar-refractivity contribution in [3.05, 3.63) is 95.3 Å². The Bertz CT molecular complexity index is 709. The van der Waals surface area contributed by atoms with Gasteiger partial charge in [-0.05, 0) is 17.5 Å². The molecule has 0 aliphatic heterocycles. The second-order valence-corrected chi connectivity index (χ2v) is 6.01. The summed E-state index contributed by atoms with van der Waals surface area (Å²) < 4.78 is 0. The van der Waals surface area contributed by atoms with E-state index in [9.17, 15) is 0 Å². The molecular formula is C20H20Cl2CrN. The van der Waals surface area contributed by atoms with Crippen LogP contribution in [0.5, 0.6) is 0 Å². The summed E-state index contributed by atoms with van der Waals surface area (Å²) >= 11 is 0. The normalized spacial score (nSPS) is 10.1. The van der Waals surface area contributed by atoms with E-state index in [1.165, 1.54) is 16.7 Å². The summed E-state index contributed by atoms with van der Waals surface area (Å²) in [5.74, 6) is 0. The molecule has 0 saturated carbocycles. The third-order valence-corrected chi connectivity index (χ3v) is 4.10. The van der Waals surface area contributed by atoms with Gasteiger partial charge in [-0.25, -0.2) is 6.07 Å². The van der Waals surface area contributed by atoms with Gasteiger partial charge in [0.1, 0.15) is 0 Å². The van der Waals surface area contributed by atoms with Gasteiger partial charge in [0.15, 0.2) is 0 Å². The zero-order valence-electron chi connectivity index (χ0n) is 13.7. The molecule has 2 aromatic carbocycles. The van der Waals surface area contributed by atoms with Crippen molar-refractivity contribution in [2.24, 2.45) is 0 Å². The minimum absolute atomic E-state index is 0. The summed E-state index contributed by atoms with van der Waals surface area (Å²) in [6.07, 6.45) is 2.85. The van der Waals surface area contributed by atoms with Crippen molar-refractivity contribution in [2.45, 2.75) is 25.7 Å². The molecule has 3 rings (SSSR count). The standard InChI is InChI=1S/C20H20N.2ClH.Cr/c1-20(2,19-10-6-7-13-21-19)18-12-11-17(15-18)14-16-8-4-3-5-9-16;;;/h3-13,15H,14H2,1-2H3;2*1H;/q-1;;;+3/p-2. The first-order valence-electron chi connectivity index (χ1n) is 7.38. The molecule has 0 unspecified atom stereocenters. The first kappa shape index (κ1) is 22.8. The van der Waals surface area contributed by atoms with Crippen LogP contribution in [0.4, 0.5) is 0 Å². The summed E-state index contributed by atoms with van der Waals surface area (Å²) in [7, 11) is 0. The quantitative estimate of drug-likeness (QED) is 0.500. The first-order chi connectivity index (χ1) is 10.2. The van der Waals surface area contributed by atoms with E-state index in [2.05, 4.69) is 79.5 Å². The summed E-state index contributed by atoms with van der Waals surface area (Å²) in [4.78, 5) is 4.52. The molecule has 3 aromatic rings. The Kier molecular flexibility index (Phi) is 9.48. The molecule has 0 fully saturated rings. The van der Waals surface area contributed by atoms with Crippen LogP contribution in [0.1, 0.15) is 36.2 Å². The molecule has 1 heterocycles. The van der Waals surface area contributed by atoms with E-state index in [0.29, 0.717) is 0 Å². The van der Waals surface area contributed by atoms with Gasteiger partial charge in [-0.1, -0.05) is 62.2 Å². The Labute approximate surface area is 167 Å². The molecule has 0 saturated heterocycles. The van der Waals surface area contributed by atoms with Crippen LogP contribution >= 0.6 is 0 Å². The maximum atomic E-state index is 4.52. The fourth-order valence-corrected chi connectivity index (χ4v) is 2.70. The second kappa shape index (κ2) is 9.97. The van der Waals surface area contributed by atoms with E-state index in [0.717, 1.165) is 12.1 Å². The Hall–Kier alpha value is -1.17. The van der Waals surface area contributed by atoms with Crippen molar-refractivity contribution in [1.82, 2.24) is 4.98 Å². The van der Waals surface area contributed by atoms with Crippen molar-refractivity contribution < 1.29 is 42.2 Å². The van der Waals surface area contributed by atoms with E-state index in [4.69, 9.17) is 0 Å². The number of benzene rings is 1. The third-order valence-electron chi connectivity index (χ3n) is 4.10. The van der Waals surface area contributed by atoms with E-state index >= 15 is 0 Å². The average Bonchev–Trinajstić information content (AvgIpc) is 2.98. The minimum atomic E-state index is -0.0593. The van der Waals surface area contributed by atoms with Gasteiger partial charge in [-0.3, -0.25) is 4.98 Å². The maximum Gasteiger partial charge on any atom is 3.00 e. The van der Waals surface area contributed by atoms with Gasteiger partial charge in [0.2, 0.25) is 0 Å². The van der Waals surface area contributed by atoms with Crippen molar-refractivity contribution >= 4 is 0 Å². The Morgan fingerprint density at radius 1 is 0.875 bits per heavy atom. The predicted molar refractivity (Wildman–Crippen MR) is 87.6 cm³/mol. The van der Waals surface area contributed by atoms with Gasteiger partial charge in [0, 0.05) is 11.9 Å². The van der Waals surface area contributed by atoms with Crippen LogP contribution in [0.2, 0.25) is 0 Å². The van der Waals surface area contributed by atoms with Crippen LogP contribution in [0, 0.1) is 0 Å². The van der Waals surface area contributed by atoms with Crippen molar-refractivity contribution in [1.29, 1.82) is 0 Å². The van der Waals surface area contributed by atoms with E-state index in [1.54, 1.807) is 0 Å². The van der Waals surface area contributed by atoms with Crippen LogP contribution in [0.25, 0.3) is 0 Å². The zero-order chi connectivity index (χ0) is 14.7. The molecule has 0 aliphatic rings. The summed E-state index contributed by atoms with van der Waals surface area (Å²) in [6.45, 7) is 4.47. The molecule has 4 heteroatoms. The fraction of sp³-hybridized carbons (Fsp3) is 0.200. The van der Waals surface area contributed by atoms with Gasteiger partial charge >= 0.3 is 17.4 Å². The van der Waals surface area contributed by atoms with Crippen LogP contribution in [-0.2, 0) is 29.2 Å². The van der Waals surface area contributed by atoms with Crippen molar-refractivity contribution in [3.63, 3.8) is 0 Å². The molecule has 1 nitrogen and oxygen atoms in total. The van der Waals surface area contributed by atoms with Gasteiger partial charge in [-0.2, -0.15) is 17.7 Å². The molecule has 0 aliphatic carbocycles. The smallest absolute Gasteiger partial charge is 1.00 e. The van der Waals surface area contributed by atoms with Gasteiger partial charge in [0.05, 0.1) is 0 Å². The minimum Gasteiger partial charge on any atom is -1.00 e. The summed E-state index contributed by atoms with van der Waals surface area (Å²) in [5, 5.41) is 0. The Morgan fingerprint density at radius 2 is 1.54 bits per heavy atom. The number of halogens is 2. The largest absolute Gasteiger partial charge is 3.00 e. The molecule has 0 atom stereocenters. The molecule has 125 valence electrons. The number of hydrogen-bond donors (Lipinski definition) is 0.